The number of benzene rings is 1. The first-order valence-corrected chi connectivity index (χ1v) is 8.71. The van der Waals surface area contributed by atoms with E-state index in [9.17, 15) is 4.79 Å². The molecule has 0 spiro atoms. The van der Waals surface area contributed by atoms with Crippen LogP contribution in [0.25, 0.3) is 16.9 Å². The number of aromatic amines is 1. The van der Waals surface area contributed by atoms with Crippen LogP contribution in [0.4, 0.5) is 5.95 Å². The number of ether oxygens (including phenoxy) is 1. The maximum absolute atomic E-state index is 12.4. The SMILES string of the molecule is COc1ccc(-n2[nH]c(-c3cnc(N4CCCC4)nc3C)cc2=O)cc1. The van der Waals surface area contributed by atoms with Gasteiger partial charge in [0.15, 0.2) is 0 Å². The van der Waals surface area contributed by atoms with Gasteiger partial charge in [-0.3, -0.25) is 9.89 Å². The quantitative estimate of drug-likeness (QED) is 0.782. The molecule has 0 amide bonds. The minimum atomic E-state index is -0.131. The Bertz CT molecular complexity index is 968. The Labute approximate surface area is 151 Å². The lowest BCUT2D eigenvalue weighted by Crippen LogP contribution is -2.20. The maximum atomic E-state index is 12.4. The molecule has 1 fully saturated rings. The molecule has 0 unspecified atom stereocenters. The Morgan fingerprint density at radius 1 is 1.15 bits per heavy atom. The number of methoxy groups -OCH3 is 1. The van der Waals surface area contributed by atoms with Gasteiger partial charge >= 0.3 is 0 Å². The average Bonchev–Trinajstić information content (AvgIpc) is 3.32. The van der Waals surface area contributed by atoms with E-state index in [1.165, 1.54) is 17.5 Å². The van der Waals surface area contributed by atoms with Gasteiger partial charge in [0.1, 0.15) is 5.75 Å². The summed E-state index contributed by atoms with van der Waals surface area (Å²) in [7, 11) is 1.61. The van der Waals surface area contributed by atoms with E-state index in [0.717, 1.165) is 41.7 Å². The Morgan fingerprint density at radius 3 is 2.54 bits per heavy atom. The number of nitrogens with one attached hydrogen (secondary N) is 1. The Morgan fingerprint density at radius 2 is 1.88 bits per heavy atom. The summed E-state index contributed by atoms with van der Waals surface area (Å²) in [5.74, 6) is 1.51. The summed E-state index contributed by atoms with van der Waals surface area (Å²) in [6.07, 6.45) is 4.16. The summed E-state index contributed by atoms with van der Waals surface area (Å²) < 4.78 is 6.66. The van der Waals surface area contributed by atoms with E-state index in [1.807, 2.05) is 31.2 Å². The molecule has 1 saturated heterocycles. The van der Waals surface area contributed by atoms with E-state index in [-0.39, 0.29) is 5.56 Å². The molecule has 26 heavy (non-hydrogen) atoms. The third kappa shape index (κ3) is 2.96. The fraction of sp³-hybridized carbons (Fsp3) is 0.316. The number of nitrogens with zero attached hydrogens (tertiary/aromatic N) is 4. The first kappa shape index (κ1) is 16.4. The van der Waals surface area contributed by atoms with Crippen LogP contribution in [0.1, 0.15) is 18.5 Å². The first-order valence-electron chi connectivity index (χ1n) is 8.71. The average molecular weight is 351 g/mol. The molecule has 134 valence electrons. The molecular formula is C19H21N5O2. The summed E-state index contributed by atoms with van der Waals surface area (Å²) >= 11 is 0. The van der Waals surface area contributed by atoms with Crippen LogP contribution in [0.15, 0.2) is 41.3 Å². The number of hydrogen-bond donors (Lipinski definition) is 1. The van der Waals surface area contributed by atoms with E-state index >= 15 is 0 Å². The predicted octanol–water partition coefficient (Wildman–Crippen LogP) is 2.54. The first-order chi connectivity index (χ1) is 12.7. The lowest BCUT2D eigenvalue weighted by atomic mass is 10.2. The van der Waals surface area contributed by atoms with E-state index in [4.69, 9.17) is 4.74 Å². The minimum absolute atomic E-state index is 0.131. The molecule has 4 rings (SSSR count). The standard InChI is InChI=1S/C19H21N5O2/c1-13-16(12-20-19(21-13)23-9-3-4-10-23)17-11-18(25)24(22-17)14-5-7-15(26-2)8-6-14/h5-8,11-12,22H,3-4,9-10H2,1-2H3. The summed E-state index contributed by atoms with van der Waals surface area (Å²) in [6.45, 7) is 3.95. The highest BCUT2D eigenvalue weighted by molar-refractivity contribution is 5.61. The molecule has 7 nitrogen and oxygen atoms in total. The van der Waals surface area contributed by atoms with Gasteiger partial charge in [-0.25, -0.2) is 14.6 Å². The molecule has 3 heterocycles. The van der Waals surface area contributed by atoms with Gasteiger partial charge < -0.3 is 9.64 Å². The van der Waals surface area contributed by atoms with Gasteiger partial charge in [-0.1, -0.05) is 0 Å². The van der Waals surface area contributed by atoms with Crippen molar-refractivity contribution in [3.05, 3.63) is 52.6 Å². The summed E-state index contributed by atoms with van der Waals surface area (Å²) in [5, 5.41) is 3.15. The number of aromatic nitrogens is 4. The topological polar surface area (TPSA) is 76.0 Å². The zero-order valence-electron chi connectivity index (χ0n) is 14.9. The summed E-state index contributed by atoms with van der Waals surface area (Å²) in [6, 6.07) is 8.88. The van der Waals surface area contributed by atoms with Crippen molar-refractivity contribution in [2.24, 2.45) is 0 Å². The highest BCUT2D eigenvalue weighted by Crippen LogP contribution is 2.23. The van der Waals surface area contributed by atoms with E-state index in [1.54, 1.807) is 19.4 Å². The molecule has 0 saturated carbocycles. The van der Waals surface area contributed by atoms with Crippen LogP contribution in [0.5, 0.6) is 5.75 Å². The van der Waals surface area contributed by atoms with Crippen molar-refractivity contribution in [1.29, 1.82) is 0 Å². The van der Waals surface area contributed by atoms with Crippen LogP contribution in [0.3, 0.4) is 0 Å². The second-order valence-corrected chi connectivity index (χ2v) is 6.40. The molecule has 1 N–H and O–H groups in total. The largest absolute Gasteiger partial charge is 0.497 e. The van der Waals surface area contributed by atoms with Crippen LogP contribution in [0.2, 0.25) is 0 Å². The van der Waals surface area contributed by atoms with E-state index in [0.29, 0.717) is 5.69 Å². The van der Waals surface area contributed by atoms with Crippen molar-refractivity contribution in [2.75, 3.05) is 25.1 Å². The Balaban J connectivity index is 1.67. The van der Waals surface area contributed by atoms with E-state index < -0.39 is 0 Å². The highest BCUT2D eigenvalue weighted by atomic mass is 16.5. The van der Waals surface area contributed by atoms with Crippen molar-refractivity contribution in [3.63, 3.8) is 0 Å². The van der Waals surface area contributed by atoms with Gasteiger partial charge in [0.05, 0.1) is 24.2 Å². The van der Waals surface area contributed by atoms with Crippen LogP contribution < -0.4 is 15.2 Å². The minimum Gasteiger partial charge on any atom is -0.497 e. The maximum Gasteiger partial charge on any atom is 0.271 e. The number of H-pyrrole nitrogens is 1. The van der Waals surface area contributed by atoms with Crippen LogP contribution in [0, 0.1) is 6.92 Å². The number of rotatable bonds is 4. The lowest BCUT2D eigenvalue weighted by molar-refractivity contribution is 0.414. The second kappa shape index (κ2) is 6.67. The zero-order valence-corrected chi connectivity index (χ0v) is 14.9. The van der Waals surface area contributed by atoms with Gasteiger partial charge in [0.25, 0.3) is 5.56 Å². The Hall–Kier alpha value is -3.09. The fourth-order valence-corrected chi connectivity index (χ4v) is 3.25. The second-order valence-electron chi connectivity index (χ2n) is 6.40. The molecule has 1 aliphatic rings. The van der Waals surface area contributed by atoms with Gasteiger partial charge in [-0.05, 0) is 44.0 Å². The van der Waals surface area contributed by atoms with Crippen LogP contribution >= 0.6 is 0 Å². The lowest BCUT2D eigenvalue weighted by Gasteiger charge is -2.16. The van der Waals surface area contributed by atoms with Gasteiger partial charge in [0.2, 0.25) is 5.95 Å². The van der Waals surface area contributed by atoms with Gasteiger partial charge in [0, 0.05) is 30.9 Å². The zero-order chi connectivity index (χ0) is 18.1. The highest BCUT2D eigenvalue weighted by Gasteiger charge is 2.17. The summed E-state index contributed by atoms with van der Waals surface area (Å²) in [5.41, 5.74) is 3.00. The number of hydrogen-bond acceptors (Lipinski definition) is 5. The van der Waals surface area contributed by atoms with Crippen molar-refractivity contribution in [3.8, 4) is 22.7 Å². The smallest absolute Gasteiger partial charge is 0.271 e. The van der Waals surface area contributed by atoms with Gasteiger partial charge in [-0.2, -0.15) is 0 Å². The molecule has 3 aromatic rings. The monoisotopic (exact) mass is 351 g/mol. The van der Waals surface area contributed by atoms with E-state index in [2.05, 4.69) is 20.0 Å². The van der Waals surface area contributed by atoms with Crippen molar-refractivity contribution >= 4 is 5.95 Å². The molecule has 0 radical (unpaired) electrons. The molecular weight excluding hydrogens is 330 g/mol. The Kier molecular flexibility index (Phi) is 4.20. The molecule has 7 heteroatoms. The number of anilines is 1. The molecule has 1 aromatic carbocycles. The molecule has 1 aliphatic heterocycles. The normalized spacial score (nSPS) is 14.0. The van der Waals surface area contributed by atoms with Crippen LogP contribution in [-0.2, 0) is 0 Å². The third-order valence-electron chi connectivity index (χ3n) is 4.70. The molecule has 2 aromatic heterocycles. The van der Waals surface area contributed by atoms with Gasteiger partial charge in [-0.15, -0.1) is 0 Å². The van der Waals surface area contributed by atoms with Crippen molar-refractivity contribution in [2.45, 2.75) is 19.8 Å². The van der Waals surface area contributed by atoms with Crippen molar-refractivity contribution < 1.29 is 4.74 Å². The molecule has 0 aliphatic carbocycles. The molecule has 0 bridgehead atoms. The summed E-state index contributed by atoms with van der Waals surface area (Å²) in [4.78, 5) is 23.7. The molecule has 0 atom stereocenters. The van der Waals surface area contributed by atoms with Crippen molar-refractivity contribution in [1.82, 2.24) is 19.7 Å². The van der Waals surface area contributed by atoms with Crippen LogP contribution in [-0.4, -0.2) is 39.9 Å². The number of aryl methyl sites for hydroxylation is 1. The fourth-order valence-electron chi connectivity index (χ4n) is 3.25. The predicted molar refractivity (Wildman–Crippen MR) is 100 cm³/mol. The third-order valence-corrected chi connectivity index (χ3v) is 4.70.